The molecule has 0 heterocycles. The van der Waals surface area contributed by atoms with E-state index in [-0.39, 0.29) is 0 Å². The van der Waals surface area contributed by atoms with Crippen LogP contribution < -0.4 is 11.5 Å². The summed E-state index contributed by atoms with van der Waals surface area (Å²) in [6.45, 7) is 5.61. The first-order valence-corrected chi connectivity index (χ1v) is 4.76. The van der Waals surface area contributed by atoms with Crippen LogP contribution in [0.2, 0.25) is 0 Å². The Morgan fingerprint density at radius 2 is 1.80 bits per heavy atom. The minimum absolute atomic E-state index is 0.657. The smallest absolute Gasteiger partial charge is 0.0314 e. The summed E-state index contributed by atoms with van der Waals surface area (Å²) in [5.41, 5.74) is 14.9. The quantitative estimate of drug-likeness (QED) is 0.582. The van der Waals surface area contributed by atoms with E-state index < -0.39 is 0 Å². The van der Waals surface area contributed by atoms with E-state index in [9.17, 15) is 0 Å². The maximum absolute atomic E-state index is 5.61. The van der Waals surface area contributed by atoms with Crippen molar-refractivity contribution in [3.05, 3.63) is 60.3 Å². The second-order valence-corrected chi connectivity index (χ2v) is 3.34. The van der Waals surface area contributed by atoms with Crippen LogP contribution in [0.15, 0.2) is 54.8 Å². The van der Waals surface area contributed by atoms with Gasteiger partial charge in [-0.1, -0.05) is 24.8 Å². The highest BCUT2D eigenvalue weighted by atomic mass is 14.5. The van der Waals surface area contributed by atoms with E-state index in [2.05, 4.69) is 6.58 Å². The van der Waals surface area contributed by atoms with E-state index >= 15 is 0 Å². The Morgan fingerprint density at radius 1 is 1.20 bits per heavy atom. The molecule has 1 rings (SSSR count). The number of rotatable bonds is 3. The van der Waals surface area contributed by atoms with Crippen molar-refractivity contribution < 1.29 is 0 Å². The zero-order valence-electron chi connectivity index (χ0n) is 8.90. The number of benzene rings is 1. The second kappa shape index (κ2) is 5.05. The van der Waals surface area contributed by atoms with Gasteiger partial charge in [-0.2, -0.15) is 0 Å². The fourth-order valence-electron chi connectivity index (χ4n) is 1.13. The molecule has 0 aromatic heterocycles. The Kier molecular flexibility index (Phi) is 3.75. The number of hydrogen-bond donors (Lipinski definition) is 2. The third kappa shape index (κ3) is 3.35. The molecular weight excluding hydrogens is 184 g/mol. The summed E-state index contributed by atoms with van der Waals surface area (Å²) < 4.78 is 0. The van der Waals surface area contributed by atoms with Crippen molar-refractivity contribution in [3.8, 4) is 0 Å². The molecule has 78 valence electrons. The van der Waals surface area contributed by atoms with Crippen molar-refractivity contribution in [2.24, 2.45) is 5.73 Å². The van der Waals surface area contributed by atoms with Crippen molar-refractivity contribution in [2.45, 2.75) is 6.92 Å². The summed E-state index contributed by atoms with van der Waals surface area (Å²) >= 11 is 0. The van der Waals surface area contributed by atoms with Crippen LogP contribution in [0.25, 0.3) is 5.57 Å². The Hall–Kier alpha value is -1.96. The van der Waals surface area contributed by atoms with Gasteiger partial charge in [0.25, 0.3) is 0 Å². The van der Waals surface area contributed by atoms with Crippen LogP contribution in [0.1, 0.15) is 12.5 Å². The van der Waals surface area contributed by atoms with Crippen LogP contribution in [-0.2, 0) is 0 Å². The molecule has 0 aliphatic heterocycles. The first kappa shape index (κ1) is 11.1. The summed E-state index contributed by atoms with van der Waals surface area (Å²) in [6.07, 6.45) is 5.41. The Morgan fingerprint density at radius 3 is 2.33 bits per heavy atom. The topological polar surface area (TPSA) is 52.0 Å². The molecule has 4 N–H and O–H groups in total. The molecule has 0 saturated carbocycles. The second-order valence-electron chi connectivity index (χ2n) is 3.34. The molecule has 0 radical (unpaired) electrons. The highest BCUT2D eigenvalue weighted by Crippen LogP contribution is 2.15. The number of nitrogen functional groups attached to an aromatic ring is 1. The van der Waals surface area contributed by atoms with Crippen LogP contribution in [0.3, 0.4) is 0 Å². The lowest BCUT2D eigenvalue weighted by Crippen LogP contribution is -1.90. The lowest BCUT2D eigenvalue weighted by molar-refractivity contribution is 1.43. The van der Waals surface area contributed by atoms with Crippen LogP contribution in [0.5, 0.6) is 0 Å². The summed E-state index contributed by atoms with van der Waals surface area (Å²) in [5, 5.41) is 0. The zero-order valence-corrected chi connectivity index (χ0v) is 8.90. The van der Waals surface area contributed by atoms with Gasteiger partial charge in [0, 0.05) is 11.4 Å². The molecule has 0 aliphatic carbocycles. The lowest BCUT2D eigenvalue weighted by Gasteiger charge is -2.00. The summed E-state index contributed by atoms with van der Waals surface area (Å²) in [7, 11) is 0. The number of hydrogen-bond acceptors (Lipinski definition) is 2. The number of anilines is 1. The molecule has 2 heteroatoms. The normalized spacial score (nSPS) is 12.6. The Bertz CT molecular complexity index is 397. The predicted octanol–water partition coefficient (Wildman–Crippen LogP) is 2.70. The largest absolute Gasteiger partial charge is 0.399 e. The zero-order chi connectivity index (χ0) is 11.3. The van der Waals surface area contributed by atoms with E-state index in [0.717, 1.165) is 16.8 Å². The lowest BCUT2D eigenvalue weighted by atomic mass is 10.1. The van der Waals surface area contributed by atoms with E-state index in [1.165, 1.54) is 0 Å². The molecule has 0 amide bonds. The summed E-state index contributed by atoms with van der Waals surface area (Å²) in [5.74, 6) is 0. The van der Waals surface area contributed by atoms with Crippen LogP contribution in [0.4, 0.5) is 5.69 Å². The summed E-state index contributed by atoms with van der Waals surface area (Å²) in [4.78, 5) is 0. The molecule has 1 aromatic rings. The average molecular weight is 200 g/mol. The standard InChI is InChI=1S/C13H16N2/c1-3-12(14)7-4-10(2)11-5-8-13(15)9-6-11/h3-9H,1,14-15H2,2H3/b10-4+,12-7+. The van der Waals surface area contributed by atoms with Gasteiger partial charge in [-0.15, -0.1) is 0 Å². The van der Waals surface area contributed by atoms with Crippen molar-refractivity contribution in [1.29, 1.82) is 0 Å². The van der Waals surface area contributed by atoms with Crippen molar-refractivity contribution >= 4 is 11.3 Å². The van der Waals surface area contributed by atoms with Gasteiger partial charge in [-0.05, 0) is 42.3 Å². The molecule has 2 nitrogen and oxygen atoms in total. The minimum Gasteiger partial charge on any atom is -0.399 e. The van der Waals surface area contributed by atoms with Gasteiger partial charge in [0.1, 0.15) is 0 Å². The van der Waals surface area contributed by atoms with E-state index in [0.29, 0.717) is 5.70 Å². The van der Waals surface area contributed by atoms with Crippen LogP contribution >= 0.6 is 0 Å². The van der Waals surface area contributed by atoms with Gasteiger partial charge in [-0.25, -0.2) is 0 Å². The molecule has 0 aliphatic rings. The van der Waals surface area contributed by atoms with E-state index in [1.807, 2.05) is 43.3 Å². The maximum Gasteiger partial charge on any atom is 0.0314 e. The van der Waals surface area contributed by atoms with Gasteiger partial charge >= 0.3 is 0 Å². The molecular formula is C13H16N2. The molecule has 15 heavy (non-hydrogen) atoms. The van der Waals surface area contributed by atoms with E-state index in [1.54, 1.807) is 6.08 Å². The summed E-state index contributed by atoms with van der Waals surface area (Å²) in [6, 6.07) is 7.73. The molecule has 0 saturated heterocycles. The third-order valence-corrected chi connectivity index (χ3v) is 2.13. The molecule has 0 fully saturated rings. The van der Waals surface area contributed by atoms with Crippen molar-refractivity contribution in [3.63, 3.8) is 0 Å². The Balaban J connectivity index is 2.89. The minimum atomic E-state index is 0.657. The third-order valence-electron chi connectivity index (χ3n) is 2.13. The molecule has 1 aromatic carbocycles. The van der Waals surface area contributed by atoms with Gasteiger partial charge in [-0.3, -0.25) is 0 Å². The maximum atomic E-state index is 5.61. The molecule has 0 unspecified atom stereocenters. The highest BCUT2D eigenvalue weighted by Gasteiger charge is 1.93. The highest BCUT2D eigenvalue weighted by molar-refractivity contribution is 5.66. The van der Waals surface area contributed by atoms with Gasteiger partial charge < -0.3 is 11.5 Å². The molecule has 0 bridgehead atoms. The van der Waals surface area contributed by atoms with Crippen LogP contribution in [0, 0.1) is 0 Å². The van der Waals surface area contributed by atoms with Gasteiger partial charge in [0.05, 0.1) is 0 Å². The first-order valence-electron chi connectivity index (χ1n) is 4.76. The number of nitrogens with two attached hydrogens (primary N) is 2. The van der Waals surface area contributed by atoms with Crippen molar-refractivity contribution in [1.82, 2.24) is 0 Å². The van der Waals surface area contributed by atoms with Crippen molar-refractivity contribution in [2.75, 3.05) is 5.73 Å². The van der Waals surface area contributed by atoms with Gasteiger partial charge in [0.2, 0.25) is 0 Å². The SMILES string of the molecule is C=C/C(N)=C\C=C(/C)c1ccc(N)cc1. The average Bonchev–Trinajstić information content (AvgIpc) is 2.26. The Labute approximate surface area is 90.6 Å². The predicted molar refractivity (Wildman–Crippen MR) is 67.0 cm³/mol. The first-order chi connectivity index (χ1) is 7.13. The molecule has 0 spiro atoms. The van der Waals surface area contributed by atoms with E-state index in [4.69, 9.17) is 11.5 Å². The van der Waals surface area contributed by atoms with Gasteiger partial charge in [0.15, 0.2) is 0 Å². The molecule has 0 atom stereocenters. The monoisotopic (exact) mass is 200 g/mol. The fraction of sp³-hybridized carbons (Fsp3) is 0.0769. The number of allylic oxidation sites excluding steroid dienone is 4. The van der Waals surface area contributed by atoms with Crippen LogP contribution in [-0.4, -0.2) is 0 Å². The fourth-order valence-corrected chi connectivity index (χ4v) is 1.13.